The van der Waals surface area contributed by atoms with Crippen LogP contribution in [0.4, 0.5) is 10.1 Å². The number of hydrogen-bond donors (Lipinski definition) is 4. The lowest BCUT2D eigenvalue weighted by atomic mass is 9.72. The summed E-state index contributed by atoms with van der Waals surface area (Å²) >= 11 is 3.03. The molecule has 0 radical (unpaired) electrons. The standard InChI is InChI=1S/C13H16BrFN4O3S/c14-10-5-9(1-2-11(10)15)19-13(16)12(20)8-3-7(4-8)6-18-23(17,21)22/h1-2,5,7-8,18H,3-4,6H2,(H2,16,19)(H2,17,21,22)/t7-,8-. The molecule has 7 nitrogen and oxygen atoms in total. The van der Waals surface area contributed by atoms with Crippen LogP contribution in [0.5, 0.6) is 0 Å². The maximum absolute atomic E-state index is 13.1. The lowest BCUT2D eigenvalue weighted by Crippen LogP contribution is -2.43. The molecule has 1 saturated carbocycles. The van der Waals surface area contributed by atoms with E-state index in [1.807, 2.05) is 0 Å². The van der Waals surface area contributed by atoms with Gasteiger partial charge in [-0.05, 0) is 52.9 Å². The highest BCUT2D eigenvalue weighted by atomic mass is 79.9. The first-order chi connectivity index (χ1) is 10.7. The van der Waals surface area contributed by atoms with E-state index in [1.54, 1.807) is 0 Å². The Morgan fingerprint density at radius 2 is 2.09 bits per heavy atom. The molecule has 10 heteroatoms. The maximum Gasteiger partial charge on any atom is 0.274 e. The van der Waals surface area contributed by atoms with E-state index < -0.39 is 16.0 Å². The van der Waals surface area contributed by atoms with Crippen LogP contribution in [0, 0.1) is 23.1 Å². The molecule has 0 bridgehead atoms. The molecule has 1 aliphatic rings. The van der Waals surface area contributed by atoms with Crippen LogP contribution < -0.4 is 15.2 Å². The minimum Gasteiger partial charge on any atom is -0.338 e. The topological polar surface area (TPSA) is 125 Å². The number of carbonyl (C=O) groups excluding carboxylic acids is 1. The van der Waals surface area contributed by atoms with Crippen LogP contribution >= 0.6 is 15.9 Å². The van der Waals surface area contributed by atoms with Crippen LogP contribution in [-0.2, 0) is 15.0 Å². The van der Waals surface area contributed by atoms with E-state index in [-0.39, 0.29) is 34.5 Å². The number of hydrogen-bond acceptors (Lipinski definition) is 4. The highest BCUT2D eigenvalue weighted by molar-refractivity contribution is 9.10. The smallest absolute Gasteiger partial charge is 0.274 e. The third kappa shape index (κ3) is 5.06. The van der Waals surface area contributed by atoms with Gasteiger partial charge in [-0.15, -0.1) is 0 Å². The fourth-order valence-corrected chi connectivity index (χ4v) is 3.18. The van der Waals surface area contributed by atoms with Crippen LogP contribution in [0.3, 0.4) is 0 Å². The summed E-state index contributed by atoms with van der Waals surface area (Å²) < 4.78 is 37.1. The summed E-state index contributed by atoms with van der Waals surface area (Å²) in [4.78, 5) is 12.1. The highest BCUT2D eigenvalue weighted by Crippen LogP contribution is 2.34. The van der Waals surface area contributed by atoms with Gasteiger partial charge in [-0.3, -0.25) is 10.2 Å². The molecule has 23 heavy (non-hydrogen) atoms. The molecule has 0 saturated heterocycles. The molecule has 2 rings (SSSR count). The first-order valence-corrected chi connectivity index (χ1v) is 9.12. The zero-order chi connectivity index (χ0) is 17.2. The van der Waals surface area contributed by atoms with Crippen molar-refractivity contribution < 1.29 is 17.6 Å². The summed E-state index contributed by atoms with van der Waals surface area (Å²) in [5.41, 5.74) is 0.434. The van der Waals surface area contributed by atoms with Gasteiger partial charge in [-0.1, -0.05) is 0 Å². The molecule has 0 aliphatic heterocycles. The van der Waals surface area contributed by atoms with Gasteiger partial charge in [0.15, 0.2) is 5.84 Å². The number of nitrogens with two attached hydrogens (primary N) is 1. The molecule has 1 aliphatic carbocycles. The lowest BCUT2D eigenvalue weighted by Gasteiger charge is -2.34. The van der Waals surface area contributed by atoms with Gasteiger partial charge in [-0.2, -0.15) is 8.42 Å². The van der Waals surface area contributed by atoms with Gasteiger partial charge in [0, 0.05) is 18.2 Å². The molecule has 1 aromatic rings. The van der Waals surface area contributed by atoms with Crippen LogP contribution in [0.1, 0.15) is 12.8 Å². The number of nitrogens with one attached hydrogen (secondary N) is 3. The van der Waals surface area contributed by atoms with Gasteiger partial charge in [0.1, 0.15) is 5.82 Å². The van der Waals surface area contributed by atoms with Gasteiger partial charge in [0.2, 0.25) is 5.78 Å². The molecular weight excluding hydrogens is 391 g/mol. The summed E-state index contributed by atoms with van der Waals surface area (Å²) in [6.45, 7) is 0.189. The number of halogens is 2. The Balaban J connectivity index is 1.82. The maximum atomic E-state index is 13.1. The van der Waals surface area contributed by atoms with Gasteiger partial charge >= 0.3 is 0 Å². The first-order valence-electron chi connectivity index (χ1n) is 6.78. The number of carbonyl (C=O) groups is 1. The number of benzene rings is 1. The number of amidine groups is 1. The Morgan fingerprint density at radius 1 is 1.43 bits per heavy atom. The van der Waals surface area contributed by atoms with Crippen LogP contribution in [0.25, 0.3) is 0 Å². The van der Waals surface area contributed by atoms with Crippen molar-refractivity contribution in [3.05, 3.63) is 28.5 Å². The minimum absolute atomic E-state index is 0.0371. The SMILES string of the molecule is N=C(Nc1ccc(F)c(Br)c1)C(=O)[C@H]1C[C@H](CNS(N)(=O)=O)C1. The van der Waals surface area contributed by atoms with E-state index in [1.165, 1.54) is 18.2 Å². The zero-order valence-corrected chi connectivity index (χ0v) is 14.4. The quantitative estimate of drug-likeness (QED) is 0.420. The van der Waals surface area contributed by atoms with Crippen molar-refractivity contribution in [2.24, 2.45) is 17.0 Å². The fourth-order valence-electron chi connectivity index (χ4n) is 2.33. The second-order valence-corrected chi connectivity index (χ2v) is 7.65. The van der Waals surface area contributed by atoms with Gasteiger partial charge in [-0.25, -0.2) is 14.3 Å². The van der Waals surface area contributed by atoms with Crippen molar-refractivity contribution in [2.45, 2.75) is 12.8 Å². The Hall–Kier alpha value is -1.36. The van der Waals surface area contributed by atoms with E-state index in [2.05, 4.69) is 26.0 Å². The third-order valence-corrected chi connectivity index (χ3v) is 4.79. The van der Waals surface area contributed by atoms with E-state index in [0.717, 1.165) is 0 Å². The summed E-state index contributed by atoms with van der Waals surface area (Å²) in [6, 6.07) is 4.10. The third-order valence-electron chi connectivity index (χ3n) is 3.62. The Bertz CT molecular complexity index is 735. The highest BCUT2D eigenvalue weighted by Gasteiger charge is 2.36. The van der Waals surface area contributed by atoms with Crippen LogP contribution in [0.2, 0.25) is 0 Å². The van der Waals surface area contributed by atoms with Crippen molar-refractivity contribution in [2.75, 3.05) is 11.9 Å². The predicted molar refractivity (Wildman–Crippen MR) is 87.8 cm³/mol. The second-order valence-electron chi connectivity index (χ2n) is 5.42. The normalized spacial score (nSPS) is 20.7. The molecule has 0 unspecified atom stereocenters. The molecule has 0 heterocycles. The molecule has 0 aromatic heterocycles. The lowest BCUT2D eigenvalue weighted by molar-refractivity contribution is -0.120. The van der Waals surface area contributed by atoms with Crippen molar-refractivity contribution in [3.63, 3.8) is 0 Å². The molecule has 1 fully saturated rings. The molecule has 0 atom stereocenters. The van der Waals surface area contributed by atoms with Crippen LogP contribution in [-0.4, -0.2) is 26.6 Å². The van der Waals surface area contributed by atoms with Gasteiger partial charge < -0.3 is 5.32 Å². The molecule has 0 amide bonds. The molecular formula is C13H16BrFN4O3S. The summed E-state index contributed by atoms with van der Waals surface area (Å²) in [5, 5.41) is 15.3. The average molecular weight is 407 g/mol. The predicted octanol–water partition coefficient (Wildman–Crippen LogP) is 1.37. The minimum atomic E-state index is -3.72. The van der Waals surface area contributed by atoms with E-state index in [4.69, 9.17) is 10.5 Å². The number of rotatable bonds is 6. The van der Waals surface area contributed by atoms with E-state index >= 15 is 0 Å². The van der Waals surface area contributed by atoms with Crippen molar-refractivity contribution in [1.29, 1.82) is 5.41 Å². The molecule has 1 aromatic carbocycles. The van der Waals surface area contributed by atoms with Crippen molar-refractivity contribution >= 4 is 43.4 Å². The summed E-state index contributed by atoms with van der Waals surface area (Å²) in [6.07, 6.45) is 0.997. The summed E-state index contributed by atoms with van der Waals surface area (Å²) in [7, 11) is -3.72. The monoisotopic (exact) mass is 406 g/mol. The number of ketones is 1. The number of Topliss-reactive ketones (excluding diaryl/α,β-unsaturated/α-hetero) is 1. The fraction of sp³-hybridized carbons (Fsp3) is 0.385. The van der Waals surface area contributed by atoms with Crippen molar-refractivity contribution in [3.8, 4) is 0 Å². The summed E-state index contributed by atoms with van der Waals surface area (Å²) in [5.74, 6) is -1.33. The van der Waals surface area contributed by atoms with Gasteiger partial charge in [0.05, 0.1) is 4.47 Å². The largest absolute Gasteiger partial charge is 0.338 e. The van der Waals surface area contributed by atoms with Gasteiger partial charge in [0.25, 0.3) is 10.2 Å². The Labute approximate surface area is 141 Å². The Kier molecular flexibility index (Phi) is 5.50. The second kappa shape index (κ2) is 7.04. The Morgan fingerprint density at radius 3 is 2.65 bits per heavy atom. The molecule has 126 valence electrons. The molecule has 5 N–H and O–H groups in total. The van der Waals surface area contributed by atoms with Crippen LogP contribution in [0.15, 0.2) is 22.7 Å². The first kappa shape index (κ1) is 18.0. The van der Waals surface area contributed by atoms with E-state index in [0.29, 0.717) is 18.5 Å². The van der Waals surface area contributed by atoms with E-state index in [9.17, 15) is 17.6 Å². The van der Waals surface area contributed by atoms with Crippen molar-refractivity contribution in [1.82, 2.24) is 4.72 Å². The molecule has 0 spiro atoms. The zero-order valence-electron chi connectivity index (χ0n) is 12.0. The number of anilines is 1. The average Bonchev–Trinajstić information content (AvgIpc) is 2.39.